The normalized spacial score (nSPS) is 20.9. The average Bonchev–Trinajstić information content (AvgIpc) is 2.91. The summed E-state index contributed by atoms with van der Waals surface area (Å²) in [5.74, 6) is 1.44. The molecular formula is C13H15BrClN3. The SMILES string of the molecule is CN1CCC(n2c(CCl)nc3cc(Br)ccc32)C1. The Morgan fingerprint density at radius 2 is 2.33 bits per heavy atom. The fraction of sp³-hybridized carbons (Fsp3) is 0.462. The average molecular weight is 329 g/mol. The number of hydrogen-bond acceptors (Lipinski definition) is 2. The highest BCUT2D eigenvalue weighted by molar-refractivity contribution is 9.10. The van der Waals surface area contributed by atoms with Gasteiger partial charge in [-0.1, -0.05) is 15.9 Å². The monoisotopic (exact) mass is 327 g/mol. The summed E-state index contributed by atoms with van der Waals surface area (Å²) in [7, 11) is 2.16. The molecule has 1 atom stereocenters. The van der Waals surface area contributed by atoms with Crippen molar-refractivity contribution in [1.82, 2.24) is 14.5 Å². The molecule has 1 aromatic heterocycles. The Labute approximate surface area is 120 Å². The van der Waals surface area contributed by atoms with Gasteiger partial charge in [0.25, 0.3) is 0 Å². The fourth-order valence-corrected chi connectivity index (χ4v) is 3.28. The number of nitrogens with zero attached hydrogens (tertiary/aromatic N) is 3. The molecule has 5 heteroatoms. The first kappa shape index (κ1) is 12.5. The Morgan fingerprint density at radius 1 is 1.50 bits per heavy atom. The Morgan fingerprint density at radius 3 is 3.00 bits per heavy atom. The van der Waals surface area contributed by atoms with Crippen molar-refractivity contribution < 1.29 is 0 Å². The molecule has 1 unspecified atom stereocenters. The van der Waals surface area contributed by atoms with Gasteiger partial charge in [-0.3, -0.25) is 0 Å². The molecule has 0 aliphatic carbocycles. The molecular weight excluding hydrogens is 314 g/mol. The lowest BCUT2D eigenvalue weighted by Crippen LogP contribution is -2.17. The lowest BCUT2D eigenvalue weighted by molar-refractivity contribution is 0.393. The number of halogens is 2. The highest BCUT2D eigenvalue weighted by atomic mass is 79.9. The number of alkyl halides is 1. The molecule has 3 nitrogen and oxygen atoms in total. The Bertz CT molecular complexity index is 581. The minimum Gasteiger partial charge on any atom is -0.322 e. The second-order valence-corrected chi connectivity index (χ2v) is 6.05. The van der Waals surface area contributed by atoms with Crippen molar-refractivity contribution in [3.8, 4) is 0 Å². The zero-order valence-corrected chi connectivity index (χ0v) is 12.6. The second-order valence-electron chi connectivity index (χ2n) is 4.87. The van der Waals surface area contributed by atoms with Crippen molar-refractivity contribution in [3.05, 3.63) is 28.5 Å². The van der Waals surface area contributed by atoms with E-state index >= 15 is 0 Å². The number of imidazole rings is 1. The van der Waals surface area contributed by atoms with E-state index < -0.39 is 0 Å². The van der Waals surface area contributed by atoms with Crippen molar-refractivity contribution in [3.63, 3.8) is 0 Å². The molecule has 1 saturated heterocycles. The van der Waals surface area contributed by atoms with E-state index in [0.717, 1.165) is 28.9 Å². The van der Waals surface area contributed by atoms with Crippen LogP contribution in [0.15, 0.2) is 22.7 Å². The molecule has 0 N–H and O–H groups in total. The van der Waals surface area contributed by atoms with Crippen LogP contribution in [0.4, 0.5) is 0 Å². The molecule has 0 saturated carbocycles. The lowest BCUT2D eigenvalue weighted by Gasteiger charge is -2.16. The molecule has 96 valence electrons. The number of aromatic nitrogens is 2. The molecule has 2 heterocycles. The van der Waals surface area contributed by atoms with Crippen LogP contribution in [0.3, 0.4) is 0 Å². The summed E-state index contributed by atoms with van der Waals surface area (Å²) in [6, 6.07) is 6.74. The Hall–Kier alpha value is -0.580. The van der Waals surface area contributed by atoms with Crippen LogP contribution >= 0.6 is 27.5 Å². The van der Waals surface area contributed by atoms with E-state index in [-0.39, 0.29) is 0 Å². The molecule has 0 spiro atoms. The quantitative estimate of drug-likeness (QED) is 0.788. The van der Waals surface area contributed by atoms with Crippen molar-refractivity contribution >= 4 is 38.6 Å². The van der Waals surface area contributed by atoms with Gasteiger partial charge in [-0.25, -0.2) is 4.98 Å². The number of likely N-dealkylation sites (N-methyl/N-ethyl adjacent to an activating group) is 1. The lowest BCUT2D eigenvalue weighted by atomic mass is 10.2. The molecule has 3 rings (SSSR count). The van der Waals surface area contributed by atoms with E-state index in [9.17, 15) is 0 Å². The summed E-state index contributed by atoms with van der Waals surface area (Å²) < 4.78 is 3.38. The fourth-order valence-electron chi connectivity index (χ4n) is 2.75. The van der Waals surface area contributed by atoms with E-state index in [1.54, 1.807) is 0 Å². The van der Waals surface area contributed by atoms with Crippen molar-refractivity contribution in [1.29, 1.82) is 0 Å². The highest BCUT2D eigenvalue weighted by Gasteiger charge is 2.25. The summed E-state index contributed by atoms with van der Waals surface area (Å²) in [4.78, 5) is 7.00. The van der Waals surface area contributed by atoms with Crippen LogP contribution in [0.5, 0.6) is 0 Å². The van der Waals surface area contributed by atoms with Crippen LogP contribution < -0.4 is 0 Å². The van der Waals surface area contributed by atoms with Gasteiger partial charge in [0.2, 0.25) is 0 Å². The van der Waals surface area contributed by atoms with Gasteiger partial charge >= 0.3 is 0 Å². The van der Waals surface area contributed by atoms with Crippen LogP contribution in [0.25, 0.3) is 11.0 Å². The van der Waals surface area contributed by atoms with Crippen LogP contribution in [0.2, 0.25) is 0 Å². The maximum absolute atomic E-state index is 6.05. The third kappa shape index (κ3) is 2.06. The van der Waals surface area contributed by atoms with Gasteiger partial charge in [0, 0.05) is 17.1 Å². The summed E-state index contributed by atoms with van der Waals surface area (Å²) in [6.45, 7) is 2.22. The van der Waals surface area contributed by atoms with Crippen molar-refractivity contribution in [2.45, 2.75) is 18.3 Å². The molecule has 18 heavy (non-hydrogen) atoms. The molecule has 2 aromatic rings. The third-order valence-electron chi connectivity index (χ3n) is 3.58. The van der Waals surface area contributed by atoms with Gasteiger partial charge < -0.3 is 9.47 Å². The van der Waals surface area contributed by atoms with Gasteiger partial charge in [-0.05, 0) is 38.2 Å². The number of fused-ring (bicyclic) bond motifs is 1. The van der Waals surface area contributed by atoms with Gasteiger partial charge in [-0.2, -0.15) is 0 Å². The number of hydrogen-bond donors (Lipinski definition) is 0. The Kier molecular flexibility index (Phi) is 3.34. The number of likely N-dealkylation sites (tertiary alicyclic amines) is 1. The van der Waals surface area contributed by atoms with E-state index in [1.807, 2.05) is 0 Å². The molecule has 0 bridgehead atoms. The van der Waals surface area contributed by atoms with Gasteiger partial charge in [-0.15, -0.1) is 11.6 Å². The third-order valence-corrected chi connectivity index (χ3v) is 4.31. The first-order valence-corrected chi connectivity index (χ1v) is 7.42. The van der Waals surface area contributed by atoms with Gasteiger partial charge in [0.15, 0.2) is 0 Å². The number of benzene rings is 1. The summed E-state index contributed by atoms with van der Waals surface area (Å²) in [6.07, 6.45) is 1.17. The standard InChI is InChI=1S/C13H15BrClN3/c1-17-5-4-10(8-17)18-12-3-2-9(14)6-11(12)16-13(18)7-15/h2-3,6,10H,4-5,7-8H2,1H3. The van der Waals surface area contributed by atoms with Gasteiger partial charge in [0.1, 0.15) is 5.82 Å². The minimum atomic E-state index is 0.465. The predicted octanol–water partition coefficient (Wildman–Crippen LogP) is 3.41. The van der Waals surface area contributed by atoms with E-state index in [0.29, 0.717) is 11.9 Å². The van der Waals surface area contributed by atoms with Crippen LogP contribution in [-0.4, -0.2) is 34.6 Å². The predicted molar refractivity (Wildman–Crippen MR) is 78.1 cm³/mol. The number of rotatable bonds is 2. The minimum absolute atomic E-state index is 0.465. The first-order valence-electron chi connectivity index (χ1n) is 6.10. The van der Waals surface area contributed by atoms with Crippen LogP contribution in [-0.2, 0) is 5.88 Å². The van der Waals surface area contributed by atoms with Crippen LogP contribution in [0, 0.1) is 0 Å². The summed E-state index contributed by atoms with van der Waals surface area (Å²) >= 11 is 9.54. The van der Waals surface area contributed by atoms with Gasteiger partial charge in [0.05, 0.1) is 16.9 Å². The molecule has 1 aliphatic rings. The molecule has 1 aromatic carbocycles. The maximum Gasteiger partial charge on any atom is 0.125 e. The Balaban J connectivity index is 2.13. The zero-order valence-electron chi connectivity index (χ0n) is 10.2. The second kappa shape index (κ2) is 4.83. The molecule has 0 radical (unpaired) electrons. The van der Waals surface area contributed by atoms with Crippen molar-refractivity contribution in [2.75, 3.05) is 20.1 Å². The van der Waals surface area contributed by atoms with Crippen LogP contribution in [0.1, 0.15) is 18.3 Å². The zero-order chi connectivity index (χ0) is 12.7. The molecule has 1 fully saturated rings. The van der Waals surface area contributed by atoms with Crippen molar-refractivity contribution in [2.24, 2.45) is 0 Å². The smallest absolute Gasteiger partial charge is 0.125 e. The van der Waals surface area contributed by atoms with E-state index in [1.165, 1.54) is 11.9 Å². The highest BCUT2D eigenvalue weighted by Crippen LogP contribution is 2.29. The van der Waals surface area contributed by atoms with E-state index in [4.69, 9.17) is 11.6 Å². The topological polar surface area (TPSA) is 21.1 Å². The summed E-state index contributed by atoms with van der Waals surface area (Å²) in [5, 5.41) is 0. The molecule has 1 aliphatic heterocycles. The summed E-state index contributed by atoms with van der Waals surface area (Å²) in [5.41, 5.74) is 2.21. The first-order chi connectivity index (χ1) is 8.69. The maximum atomic E-state index is 6.05. The largest absolute Gasteiger partial charge is 0.322 e. The van der Waals surface area contributed by atoms with E-state index in [2.05, 4.69) is 55.6 Å². The molecule has 0 amide bonds.